The molecule has 0 saturated carbocycles. The lowest BCUT2D eigenvalue weighted by Gasteiger charge is -2.09. The molecule has 31 heavy (non-hydrogen) atoms. The van der Waals surface area contributed by atoms with E-state index in [9.17, 15) is 4.79 Å². The van der Waals surface area contributed by atoms with Gasteiger partial charge < -0.3 is 0 Å². The van der Waals surface area contributed by atoms with Crippen molar-refractivity contribution in [1.82, 2.24) is 35.0 Å². The summed E-state index contributed by atoms with van der Waals surface area (Å²) < 4.78 is 3.41. The second kappa shape index (κ2) is 8.67. The molecule has 0 bridgehead atoms. The molecule has 2 aromatic carbocycles. The van der Waals surface area contributed by atoms with Crippen molar-refractivity contribution in [2.45, 2.75) is 52.6 Å². The first-order valence-corrected chi connectivity index (χ1v) is 10.6. The topological polar surface area (TPSA) is 94.3 Å². The first kappa shape index (κ1) is 20.7. The van der Waals surface area contributed by atoms with Gasteiger partial charge in [-0.1, -0.05) is 63.2 Å². The van der Waals surface area contributed by atoms with E-state index in [1.807, 2.05) is 25.1 Å². The number of H-pyrrole nitrogens is 1. The molecule has 4 aromatic rings. The highest BCUT2D eigenvalue weighted by molar-refractivity contribution is 5.70. The fourth-order valence-corrected chi connectivity index (χ4v) is 3.57. The number of hydrogen-bond acceptors (Lipinski definition) is 5. The maximum absolute atomic E-state index is 13.0. The molecule has 0 aliphatic heterocycles. The van der Waals surface area contributed by atoms with Gasteiger partial charge in [-0.15, -0.1) is 10.2 Å². The Morgan fingerprint density at radius 3 is 2.39 bits per heavy atom. The van der Waals surface area contributed by atoms with Crippen molar-refractivity contribution < 1.29 is 0 Å². The molecule has 1 atom stereocenters. The van der Waals surface area contributed by atoms with Crippen molar-refractivity contribution in [3.63, 3.8) is 0 Å². The Morgan fingerprint density at radius 1 is 1.00 bits per heavy atom. The average Bonchev–Trinajstić information content (AvgIpc) is 3.43. The van der Waals surface area contributed by atoms with Crippen LogP contribution in [-0.2, 0) is 6.54 Å². The third-order valence-corrected chi connectivity index (χ3v) is 5.53. The molecular weight excluding hydrogens is 390 g/mol. The molecule has 8 heteroatoms. The van der Waals surface area contributed by atoms with Gasteiger partial charge in [-0.2, -0.15) is 10.3 Å². The van der Waals surface area contributed by atoms with Crippen molar-refractivity contribution >= 4 is 0 Å². The zero-order valence-electron chi connectivity index (χ0n) is 18.3. The van der Waals surface area contributed by atoms with E-state index >= 15 is 0 Å². The van der Waals surface area contributed by atoms with Gasteiger partial charge in [0.1, 0.15) is 5.82 Å². The quantitative estimate of drug-likeness (QED) is 0.490. The normalized spacial score (nSPS) is 12.4. The molecule has 160 valence electrons. The minimum Gasteiger partial charge on any atom is -0.274 e. The maximum atomic E-state index is 13.0. The van der Waals surface area contributed by atoms with Gasteiger partial charge in [-0.25, -0.2) is 9.48 Å². The van der Waals surface area contributed by atoms with Crippen LogP contribution in [0.3, 0.4) is 0 Å². The van der Waals surface area contributed by atoms with E-state index in [-0.39, 0.29) is 17.6 Å². The van der Waals surface area contributed by atoms with Gasteiger partial charge in [-0.3, -0.25) is 4.57 Å². The van der Waals surface area contributed by atoms with Crippen LogP contribution in [0, 0.1) is 0 Å². The van der Waals surface area contributed by atoms with Crippen molar-refractivity contribution in [2.24, 2.45) is 0 Å². The summed E-state index contributed by atoms with van der Waals surface area (Å²) in [5, 5.41) is 18.8. The molecule has 0 aliphatic rings. The fourth-order valence-electron chi connectivity index (χ4n) is 3.57. The summed E-state index contributed by atoms with van der Waals surface area (Å²) in [6.07, 6.45) is 0.867. The molecule has 0 spiro atoms. The molecule has 0 fully saturated rings. The molecule has 0 radical (unpaired) electrons. The zero-order chi connectivity index (χ0) is 22.0. The number of nitrogens with one attached hydrogen (secondary N) is 1. The Morgan fingerprint density at radius 2 is 1.74 bits per heavy atom. The van der Waals surface area contributed by atoms with Crippen molar-refractivity contribution in [1.29, 1.82) is 0 Å². The highest BCUT2D eigenvalue weighted by Crippen LogP contribution is 2.25. The van der Waals surface area contributed by atoms with Crippen LogP contribution >= 0.6 is 0 Å². The molecule has 0 aliphatic carbocycles. The highest BCUT2D eigenvalue weighted by atomic mass is 16.2. The summed E-state index contributed by atoms with van der Waals surface area (Å²) in [6, 6.07) is 16.4. The monoisotopic (exact) mass is 417 g/mol. The van der Waals surface area contributed by atoms with Gasteiger partial charge in [0.05, 0.1) is 12.6 Å². The Bertz CT molecular complexity index is 1200. The molecule has 2 aromatic heterocycles. The molecule has 1 unspecified atom stereocenters. The Labute approximate surface area is 180 Å². The largest absolute Gasteiger partial charge is 0.346 e. The van der Waals surface area contributed by atoms with Crippen LogP contribution < -0.4 is 5.69 Å². The maximum Gasteiger partial charge on any atom is 0.346 e. The first-order valence-electron chi connectivity index (χ1n) is 10.6. The highest BCUT2D eigenvalue weighted by Gasteiger charge is 2.19. The molecule has 0 saturated heterocycles. The average molecular weight is 418 g/mol. The van der Waals surface area contributed by atoms with Crippen LogP contribution in [0.4, 0.5) is 0 Å². The molecule has 1 N–H and O–H groups in total. The van der Waals surface area contributed by atoms with Crippen LogP contribution in [0.5, 0.6) is 0 Å². The fraction of sp³-hybridized carbons (Fsp3) is 0.348. The number of nitrogens with zero attached hydrogens (tertiary/aromatic N) is 6. The standard InChI is InChI=1S/C23H27N7O/c1-5-16(4)30-23(31)29(22(26-30)15(2)3)14-17-9-11-18(12-10-17)19-7-6-8-20(13-19)21-24-27-28-25-21/h6-13,15-16H,5,14H2,1-4H3,(H,24,25,27,28). The molecule has 0 amide bonds. The van der Waals surface area contributed by atoms with E-state index in [0.29, 0.717) is 12.4 Å². The van der Waals surface area contributed by atoms with Gasteiger partial charge in [0.2, 0.25) is 5.82 Å². The smallest absolute Gasteiger partial charge is 0.274 e. The van der Waals surface area contributed by atoms with E-state index in [1.54, 1.807) is 9.25 Å². The SMILES string of the molecule is CCC(C)n1nc(C(C)C)n(Cc2ccc(-c3cccc(-c4nn[nH]n4)c3)cc2)c1=O. The van der Waals surface area contributed by atoms with Gasteiger partial charge in [-0.05, 0) is 41.3 Å². The Hall–Kier alpha value is -3.55. The summed E-state index contributed by atoms with van der Waals surface area (Å²) in [5.74, 6) is 1.56. The first-order chi connectivity index (χ1) is 15.0. The predicted octanol–water partition coefficient (Wildman–Crippen LogP) is 4.03. The number of rotatable bonds is 7. The van der Waals surface area contributed by atoms with Crippen LogP contribution in [0.2, 0.25) is 0 Å². The number of aromatic amines is 1. The van der Waals surface area contributed by atoms with Gasteiger partial charge in [0.15, 0.2) is 0 Å². The Balaban J connectivity index is 1.61. The third-order valence-electron chi connectivity index (χ3n) is 5.53. The van der Waals surface area contributed by atoms with E-state index in [1.165, 1.54) is 0 Å². The van der Waals surface area contributed by atoms with E-state index < -0.39 is 0 Å². The number of aromatic nitrogens is 7. The molecule has 2 heterocycles. The van der Waals surface area contributed by atoms with Crippen molar-refractivity contribution in [3.8, 4) is 22.5 Å². The van der Waals surface area contributed by atoms with Crippen LogP contribution in [-0.4, -0.2) is 35.0 Å². The van der Waals surface area contributed by atoms with E-state index in [4.69, 9.17) is 0 Å². The van der Waals surface area contributed by atoms with Gasteiger partial charge >= 0.3 is 5.69 Å². The summed E-state index contributed by atoms with van der Waals surface area (Å²) in [5.41, 5.74) is 4.07. The zero-order valence-corrected chi connectivity index (χ0v) is 18.3. The minimum atomic E-state index is -0.0464. The van der Waals surface area contributed by atoms with Crippen LogP contribution in [0.15, 0.2) is 53.3 Å². The summed E-state index contributed by atoms with van der Waals surface area (Å²) in [4.78, 5) is 13.0. The van der Waals surface area contributed by atoms with Crippen LogP contribution in [0.25, 0.3) is 22.5 Å². The summed E-state index contributed by atoms with van der Waals surface area (Å²) >= 11 is 0. The number of tetrazole rings is 1. The summed E-state index contributed by atoms with van der Waals surface area (Å²) in [6.45, 7) is 8.74. The van der Waals surface area contributed by atoms with E-state index in [2.05, 4.69) is 76.8 Å². The van der Waals surface area contributed by atoms with Crippen molar-refractivity contribution in [2.75, 3.05) is 0 Å². The van der Waals surface area contributed by atoms with Gasteiger partial charge in [0, 0.05) is 11.5 Å². The summed E-state index contributed by atoms with van der Waals surface area (Å²) in [7, 11) is 0. The van der Waals surface area contributed by atoms with E-state index in [0.717, 1.165) is 34.5 Å². The second-order valence-corrected chi connectivity index (χ2v) is 8.10. The number of benzene rings is 2. The van der Waals surface area contributed by atoms with Gasteiger partial charge in [0.25, 0.3) is 0 Å². The Kier molecular flexibility index (Phi) is 5.79. The molecule has 4 rings (SSSR count). The molecule has 8 nitrogen and oxygen atoms in total. The lowest BCUT2D eigenvalue weighted by atomic mass is 10.0. The lowest BCUT2D eigenvalue weighted by Crippen LogP contribution is -2.27. The molecular formula is C23H27N7O. The van der Waals surface area contributed by atoms with Crippen molar-refractivity contribution in [3.05, 3.63) is 70.4 Å². The number of hydrogen-bond donors (Lipinski definition) is 1. The minimum absolute atomic E-state index is 0.0464. The van der Waals surface area contributed by atoms with Crippen LogP contribution in [0.1, 0.15) is 57.5 Å². The third kappa shape index (κ3) is 4.19. The predicted molar refractivity (Wildman–Crippen MR) is 120 cm³/mol. The second-order valence-electron chi connectivity index (χ2n) is 8.10. The lowest BCUT2D eigenvalue weighted by molar-refractivity contribution is 0.455.